The van der Waals surface area contributed by atoms with Gasteiger partial charge in [-0.1, -0.05) is 321 Å². The van der Waals surface area contributed by atoms with Gasteiger partial charge in [-0.3, -0.25) is 4.98 Å². The SMILES string of the molecule is [2H]c1c([2H])c([2H])c(N(c2ccc(-c3c(F)cc(F)cc3F)cc2)c2cc3c4ccccc4sc3c3oc4ccccc4c23)c([2H])c1[2H].c1ccc(Oc2ccc(N(c3ccc(-c4ccncc4)cc3)c3cc4c5ccccc5sc4c4oc5ccccc5c34)cc2)cc1.c1ccc([Si](c2ccccc2)(c2ccccc2)c2ccc(N(c3ccc(-c4ccc5ccccc5c4)cc3)c3cc4c5ccccc5sc4c4oc5ccccc5c34)cc2)cc1. The number of rotatable bonds is 18. The van der Waals surface area contributed by atoms with Gasteiger partial charge in [0.15, 0.2) is 24.8 Å². The molecule has 0 saturated heterocycles. The first-order valence-electron chi connectivity index (χ1n) is 51.9. The number of ether oxygens (including phenoxy) is 1. The minimum absolute atomic E-state index is 0.117. The molecule has 0 radical (unpaired) electrons. The summed E-state index contributed by atoms with van der Waals surface area (Å²) >= 11 is 5.16. The van der Waals surface area contributed by atoms with E-state index in [1.54, 1.807) is 39.7 Å². The Balaban J connectivity index is 0.000000115. The van der Waals surface area contributed by atoms with Crippen LogP contribution in [0.15, 0.2) is 529 Å². The molecule has 7 aromatic heterocycles. The van der Waals surface area contributed by atoms with Crippen molar-refractivity contribution in [1.29, 1.82) is 0 Å². The van der Waals surface area contributed by atoms with Gasteiger partial charge in [0.2, 0.25) is 0 Å². The number of pyridine rings is 1. The molecule has 22 aromatic carbocycles. The summed E-state index contributed by atoms with van der Waals surface area (Å²) < 4.78 is 119. The van der Waals surface area contributed by atoms with E-state index in [2.05, 4.69) is 336 Å². The average Bonchev–Trinajstić information content (AvgIpc) is 1.53. The first kappa shape index (κ1) is 84.8. The van der Waals surface area contributed by atoms with Crippen molar-refractivity contribution in [3.8, 4) is 44.9 Å². The van der Waals surface area contributed by atoms with Crippen LogP contribution in [0, 0.1) is 17.5 Å². The van der Waals surface area contributed by atoms with Crippen LogP contribution in [-0.2, 0) is 0 Å². The van der Waals surface area contributed by atoms with Crippen LogP contribution < -0.4 is 40.2 Å². The van der Waals surface area contributed by atoms with Crippen molar-refractivity contribution in [1.82, 2.24) is 4.98 Å². The number of nitrogens with zero attached hydrogens (tertiary/aromatic N) is 4. The maximum Gasteiger partial charge on any atom is 0.179 e. The van der Waals surface area contributed by atoms with Gasteiger partial charge in [-0.2, -0.15) is 0 Å². The monoisotopic (exact) mass is 2010 g/mol. The van der Waals surface area contributed by atoms with Crippen LogP contribution in [0.1, 0.15) is 6.85 Å². The predicted octanol–water partition coefficient (Wildman–Crippen LogP) is 37.4. The van der Waals surface area contributed by atoms with E-state index >= 15 is 0 Å². The van der Waals surface area contributed by atoms with E-state index in [0.717, 1.165) is 131 Å². The van der Waals surface area contributed by atoms with E-state index in [-0.39, 0.29) is 11.3 Å². The lowest BCUT2D eigenvalue weighted by Crippen LogP contribution is -2.74. The Bertz CT molecular complexity index is 10400. The zero-order chi connectivity index (χ0) is 104. The second kappa shape index (κ2) is 38.2. The zero-order valence-electron chi connectivity index (χ0n) is 85.0. The molecule has 0 aliphatic rings. The minimum Gasteiger partial charge on any atom is -0.457 e. The number of hydrogen-bond donors (Lipinski definition) is 0. The van der Waals surface area contributed by atoms with E-state index in [4.69, 9.17) is 24.8 Å². The summed E-state index contributed by atoms with van der Waals surface area (Å²) in [6.07, 6.45) is 3.66. The molecule has 0 unspecified atom stereocenters. The smallest absolute Gasteiger partial charge is 0.179 e. The van der Waals surface area contributed by atoms with Crippen molar-refractivity contribution in [3.05, 3.63) is 533 Å². The Morgan fingerprint density at radius 1 is 0.260 bits per heavy atom. The van der Waals surface area contributed by atoms with Crippen molar-refractivity contribution in [2.45, 2.75) is 0 Å². The third-order valence-corrected chi connectivity index (χ3v) is 36.7. The summed E-state index contributed by atoms with van der Waals surface area (Å²) in [5, 5.41) is 20.3. The van der Waals surface area contributed by atoms with Crippen LogP contribution in [0.4, 0.5) is 64.4 Å². The molecule has 29 rings (SSSR count). The molecular formula is C135H85F3N4O4S3Si. The van der Waals surface area contributed by atoms with Crippen molar-refractivity contribution >= 4 is 251 Å². The summed E-state index contributed by atoms with van der Waals surface area (Å²) in [5.74, 6) is -1.60. The second-order valence-electron chi connectivity index (χ2n) is 37.0. The largest absolute Gasteiger partial charge is 0.457 e. The van der Waals surface area contributed by atoms with Gasteiger partial charge in [0.1, 0.15) is 45.7 Å². The van der Waals surface area contributed by atoms with Crippen LogP contribution in [-0.4, -0.2) is 13.1 Å². The molecule has 0 aliphatic carbocycles. The number of hydrogen-bond acceptors (Lipinski definition) is 11. The summed E-state index contributed by atoms with van der Waals surface area (Å²) in [6, 6.07) is 159. The standard InChI is InChI=1S/C58H39NOSSi.C41H26N2O2S.C36H20F3NOS/c1-4-18-46(19-5-1)62(47-20-6-2-7-21-47,48-22-8-3-9-23-48)49-36-34-45(35-37-49)59(44-32-30-41(31-33-44)43-29-28-40-16-10-11-17-42(40)38-43)53-39-52-50-24-13-15-27-55(50)61-58(52)57-56(53)51-25-12-14-26-54(51)60-57;1-2-8-31(9-3-1)44-32-20-18-30(19-21-32)43(29-16-14-27(15-17-29)28-22-24-42-25-23-28)36-26-35-33-10-5-7-13-38(33)46-41(35)40-39(36)34-11-4-6-12-37(34)45-40;37-22-18-28(38)33(29(39)19-22)21-14-16-24(17-15-21)40(23-8-2-1-3-9-23)30-20-27-25-10-5-7-13-32(25)42-36(27)35-34(30)26-11-4-6-12-31(26)41-35/h1-39H;1-26H;1-20H/i;;1D,2D,3D,8D,9D. The number of furan rings is 3. The topological polar surface area (TPSA) is 71.3 Å². The molecular weight excluding hydrogens is 1920 g/mol. The molecule has 150 heavy (non-hydrogen) atoms. The summed E-state index contributed by atoms with van der Waals surface area (Å²) in [5.41, 5.74) is 16.2. The fraction of sp³-hybridized carbons (Fsp3) is 0. The van der Waals surface area contributed by atoms with Crippen LogP contribution >= 0.6 is 34.0 Å². The molecule has 0 amide bonds. The maximum absolute atomic E-state index is 14.7. The molecule has 0 N–H and O–H groups in total. The van der Waals surface area contributed by atoms with Crippen LogP contribution in [0.3, 0.4) is 0 Å². The van der Waals surface area contributed by atoms with Crippen molar-refractivity contribution in [3.63, 3.8) is 0 Å². The third kappa shape index (κ3) is 16.0. The number of para-hydroxylation sites is 5. The average molecular weight is 2010 g/mol. The van der Waals surface area contributed by atoms with Gasteiger partial charge in [-0.15, -0.1) is 34.0 Å². The van der Waals surface area contributed by atoms with Crippen LogP contribution in [0.5, 0.6) is 11.5 Å². The quantitative estimate of drug-likeness (QED) is 0.0622. The second-order valence-corrected chi connectivity index (χ2v) is 44.0. The van der Waals surface area contributed by atoms with E-state index in [1.165, 1.54) is 90.4 Å². The Morgan fingerprint density at radius 3 is 1.01 bits per heavy atom. The number of aromatic nitrogens is 1. The normalized spacial score (nSPS) is 12.2. The lowest BCUT2D eigenvalue weighted by atomic mass is 10.0. The van der Waals surface area contributed by atoms with Crippen LogP contribution in [0.2, 0.25) is 0 Å². The highest BCUT2D eigenvalue weighted by Gasteiger charge is 2.42. The summed E-state index contributed by atoms with van der Waals surface area (Å²) in [4.78, 5) is 10.5. The predicted molar refractivity (Wildman–Crippen MR) is 625 cm³/mol. The number of benzene rings is 22. The molecule has 0 atom stereocenters. The molecule has 712 valence electrons. The highest BCUT2D eigenvalue weighted by molar-refractivity contribution is 7.27. The molecule has 0 fully saturated rings. The van der Waals surface area contributed by atoms with E-state index in [0.29, 0.717) is 40.1 Å². The highest BCUT2D eigenvalue weighted by Crippen LogP contribution is 2.55. The molecule has 8 nitrogen and oxygen atoms in total. The molecule has 0 aliphatic heterocycles. The fourth-order valence-electron chi connectivity index (χ4n) is 21.6. The van der Waals surface area contributed by atoms with Gasteiger partial charge in [0.25, 0.3) is 0 Å². The number of halogens is 3. The van der Waals surface area contributed by atoms with E-state index in [1.807, 2.05) is 139 Å². The van der Waals surface area contributed by atoms with Crippen LogP contribution in [0.25, 0.3) is 170 Å². The molecule has 0 saturated carbocycles. The lowest BCUT2D eigenvalue weighted by molar-refractivity contribution is 0.483. The molecule has 0 bridgehead atoms. The molecule has 29 aromatic rings. The molecule has 0 spiro atoms. The Hall–Kier alpha value is -18.5. The van der Waals surface area contributed by atoms with Gasteiger partial charge in [-0.25, -0.2) is 13.2 Å². The Labute approximate surface area is 880 Å². The van der Waals surface area contributed by atoms with E-state index < -0.39 is 61.3 Å². The van der Waals surface area contributed by atoms with Gasteiger partial charge < -0.3 is 32.7 Å². The summed E-state index contributed by atoms with van der Waals surface area (Å²) in [7, 11) is -2.74. The fourth-order valence-corrected chi connectivity index (χ4v) is 29.8. The van der Waals surface area contributed by atoms with Crippen molar-refractivity contribution in [2.24, 2.45) is 0 Å². The summed E-state index contributed by atoms with van der Waals surface area (Å²) in [6.45, 7) is 0. The van der Waals surface area contributed by atoms with Gasteiger partial charge in [-0.05, 0) is 229 Å². The Kier molecular flexibility index (Phi) is 21.6. The van der Waals surface area contributed by atoms with Crippen molar-refractivity contribution < 1.29 is 38.0 Å². The lowest BCUT2D eigenvalue weighted by Gasteiger charge is -2.35. The van der Waals surface area contributed by atoms with Crippen molar-refractivity contribution in [2.75, 3.05) is 14.7 Å². The van der Waals surface area contributed by atoms with E-state index in [9.17, 15) is 13.2 Å². The Morgan fingerprint density at radius 2 is 0.580 bits per heavy atom. The van der Waals surface area contributed by atoms with Gasteiger partial charge >= 0.3 is 0 Å². The maximum atomic E-state index is 14.7. The minimum atomic E-state index is -2.74. The first-order valence-corrected chi connectivity index (χ1v) is 53.8. The van der Waals surface area contributed by atoms with Gasteiger partial charge in [0.05, 0.1) is 59.7 Å². The zero-order valence-corrected chi connectivity index (χ0v) is 83.4. The first-order chi connectivity index (χ1) is 76.2. The van der Waals surface area contributed by atoms with Gasteiger partial charge in [0, 0.05) is 121 Å². The number of anilines is 9. The molecule has 15 heteroatoms. The highest BCUT2D eigenvalue weighted by atomic mass is 32.1. The third-order valence-electron chi connectivity index (χ3n) is 28.4. The molecule has 7 heterocycles. The number of fused-ring (bicyclic) bond motifs is 22. The number of thiophene rings is 3.